The van der Waals surface area contributed by atoms with E-state index in [0.717, 1.165) is 5.56 Å². The number of nitrogens with zero attached hydrogens (tertiary/aromatic N) is 3. The highest BCUT2D eigenvalue weighted by molar-refractivity contribution is 14.1. The molecule has 0 saturated heterocycles. The highest BCUT2D eigenvalue weighted by Crippen LogP contribution is 2.26. The summed E-state index contributed by atoms with van der Waals surface area (Å²) in [6.07, 6.45) is 3.37. The summed E-state index contributed by atoms with van der Waals surface area (Å²) in [5.74, 6) is 0.712. The van der Waals surface area contributed by atoms with Gasteiger partial charge in [0.05, 0.1) is 9.81 Å². The molecule has 0 saturated carbocycles. The van der Waals surface area contributed by atoms with Crippen LogP contribution in [-0.4, -0.2) is 14.5 Å². The second-order valence-corrected chi connectivity index (χ2v) is 5.79. The molecule has 0 aliphatic heterocycles. The van der Waals surface area contributed by atoms with Crippen molar-refractivity contribution in [3.05, 3.63) is 57.7 Å². The summed E-state index contributed by atoms with van der Waals surface area (Å²) in [5, 5.41) is 1.06. The van der Waals surface area contributed by atoms with Crippen LogP contribution < -0.4 is 5.43 Å². The van der Waals surface area contributed by atoms with Gasteiger partial charge in [-0.15, -0.1) is 0 Å². The van der Waals surface area contributed by atoms with Gasteiger partial charge >= 0.3 is 0 Å². The number of aromatic nitrogens is 3. The lowest BCUT2D eigenvalue weighted by Crippen LogP contribution is -2.13. The first-order valence-electron chi connectivity index (χ1n) is 6.28. The molecule has 0 unspecified atom stereocenters. The maximum atomic E-state index is 12.7. The quantitative estimate of drug-likeness (QED) is 0.478. The Hall–Kier alpha value is -1.47. The van der Waals surface area contributed by atoms with Gasteiger partial charge in [0.2, 0.25) is 0 Å². The smallest absolute Gasteiger partial charge is 0.200 e. The monoisotopic (exact) mass is 411 g/mol. The normalized spacial score (nSPS) is 11.0. The lowest BCUT2D eigenvalue weighted by molar-refractivity contribution is 0.911. The lowest BCUT2D eigenvalue weighted by Gasteiger charge is -2.10. The average molecular weight is 412 g/mol. The predicted molar refractivity (Wildman–Crippen MR) is 92.9 cm³/mol. The van der Waals surface area contributed by atoms with Crippen molar-refractivity contribution in [1.82, 2.24) is 14.5 Å². The number of hydrogen-bond donors (Lipinski definition) is 0. The minimum Gasteiger partial charge on any atom is -0.335 e. The zero-order valence-electron chi connectivity index (χ0n) is 11.2. The second kappa shape index (κ2) is 5.73. The Morgan fingerprint density at radius 2 is 2.05 bits per heavy atom. The van der Waals surface area contributed by atoms with Crippen LogP contribution in [0.25, 0.3) is 22.2 Å². The van der Waals surface area contributed by atoms with Crippen LogP contribution in [0.5, 0.6) is 0 Å². The fraction of sp³-hybridized carbons (Fsp3) is 0.133. The molecule has 0 aliphatic rings. The predicted octanol–water partition coefficient (Wildman–Crippen LogP) is 3.58. The third kappa shape index (κ3) is 2.55. The van der Waals surface area contributed by atoms with Crippen molar-refractivity contribution in [2.45, 2.75) is 4.43 Å². The Kier molecular flexibility index (Phi) is 3.95. The summed E-state index contributed by atoms with van der Waals surface area (Å²) >= 11 is 8.40. The van der Waals surface area contributed by atoms with E-state index in [0.29, 0.717) is 31.9 Å². The Morgan fingerprint density at radius 3 is 2.76 bits per heavy atom. The summed E-state index contributed by atoms with van der Waals surface area (Å²) in [7, 11) is 1.87. The van der Waals surface area contributed by atoms with Gasteiger partial charge < -0.3 is 4.57 Å². The molecule has 2 heterocycles. The van der Waals surface area contributed by atoms with Crippen LogP contribution in [0.3, 0.4) is 0 Å². The van der Waals surface area contributed by atoms with Gasteiger partial charge in [-0.2, -0.15) is 0 Å². The number of aryl methyl sites for hydroxylation is 1. The molecule has 1 aromatic carbocycles. The van der Waals surface area contributed by atoms with E-state index in [1.807, 2.05) is 29.8 Å². The molecular formula is C15H11ClIN3O. The van der Waals surface area contributed by atoms with E-state index in [1.165, 1.54) is 0 Å². The highest BCUT2D eigenvalue weighted by Gasteiger charge is 2.13. The lowest BCUT2D eigenvalue weighted by atomic mass is 10.1. The van der Waals surface area contributed by atoms with Gasteiger partial charge in [0.15, 0.2) is 5.43 Å². The van der Waals surface area contributed by atoms with Gasteiger partial charge in [-0.05, 0) is 6.07 Å². The molecule has 0 fully saturated rings. The Labute approximate surface area is 139 Å². The van der Waals surface area contributed by atoms with Crippen molar-refractivity contribution in [3.63, 3.8) is 0 Å². The summed E-state index contributed by atoms with van der Waals surface area (Å²) in [5.41, 5.74) is 1.81. The van der Waals surface area contributed by atoms with Crippen LogP contribution >= 0.6 is 34.2 Å². The minimum atomic E-state index is -0.101. The molecule has 0 atom stereocenters. The van der Waals surface area contributed by atoms with Crippen LogP contribution in [0.4, 0.5) is 0 Å². The zero-order chi connectivity index (χ0) is 15.0. The maximum Gasteiger partial charge on any atom is 0.200 e. The van der Waals surface area contributed by atoms with Crippen molar-refractivity contribution >= 4 is 45.2 Å². The largest absolute Gasteiger partial charge is 0.335 e. The van der Waals surface area contributed by atoms with Gasteiger partial charge in [0, 0.05) is 35.6 Å². The van der Waals surface area contributed by atoms with Crippen molar-refractivity contribution in [2.75, 3.05) is 0 Å². The van der Waals surface area contributed by atoms with E-state index >= 15 is 0 Å². The molecule has 0 N–H and O–H groups in total. The van der Waals surface area contributed by atoms with Crippen molar-refractivity contribution in [1.29, 1.82) is 0 Å². The number of benzene rings is 1. The van der Waals surface area contributed by atoms with Gasteiger partial charge in [-0.1, -0.05) is 52.4 Å². The summed E-state index contributed by atoms with van der Waals surface area (Å²) in [6.45, 7) is 0. The third-order valence-corrected chi connectivity index (χ3v) is 4.26. The fourth-order valence-electron chi connectivity index (χ4n) is 2.23. The van der Waals surface area contributed by atoms with Crippen molar-refractivity contribution in [3.8, 4) is 11.1 Å². The van der Waals surface area contributed by atoms with E-state index in [-0.39, 0.29) is 5.43 Å². The highest BCUT2D eigenvalue weighted by atomic mass is 127. The van der Waals surface area contributed by atoms with E-state index in [4.69, 9.17) is 11.6 Å². The molecule has 0 aliphatic carbocycles. The van der Waals surface area contributed by atoms with Crippen LogP contribution in [0, 0.1) is 0 Å². The molecular weight excluding hydrogens is 401 g/mol. The first-order chi connectivity index (χ1) is 10.1. The van der Waals surface area contributed by atoms with E-state index in [9.17, 15) is 4.79 Å². The SMILES string of the molecule is Cn1cc(-c2ccccc2Cl)c(=O)c2cnc(CI)nc21. The summed E-state index contributed by atoms with van der Waals surface area (Å²) in [4.78, 5) is 21.3. The molecule has 2 aromatic heterocycles. The number of fused-ring (bicyclic) bond motifs is 1. The fourth-order valence-corrected chi connectivity index (χ4v) is 2.84. The number of halogens is 2. The van der Waals surface area contributed by atoms with Crippen LogP contribution in [-0.2, 0) is 11.5 Å². The average Bonchev–Trinajstić information content (AvgIpc) is 2.51. The topological polar surface area (TPSA) is 47.8 Å². The minimum absolute atomic E-state index is 0.101. The molecule has 0 bridgehead atoms. The first-order valence-corrected chi connectivity index (χ1v) is 8.18. The summed E-state index contributed by atoms with van der Waals surface area (Å²) < 4.78 is 2.54. The Balaban J connectivity index is 2.35. The molecule has 0 radical (unpaired) electrons. The van der Waals surface area contributed by atoms with Gasteiger partial charge in [0.1, 0.15) is 11.5 Å². The maximum absolute atomic E-state index is 12.7. The van der Waals surface area contributed by atoms with Crippen LogP contribution in [0.15, 0.2) is 41.5 Å². The standard InChI is InChI=1S/C15H11ClIN3O/c1-20-8-11(9-4-2-3-5-12(9)16)14(21)10-7-18-13(6-17)19-15(10)20/h2-5,7-8H,6H2,1H3. The van der Waals surface area contributed by atoms with E-state index in [2.05, 4.69) is 32.6 Å². The number of pyridine rings is 1. The van der Waals surface area contributed by atoms with E-state index < -0.39 is 0 Å². The zero-order valence-corrected chi connectivity index (χ0v) is 14.1. The molecule has 6 heteroatoms. The second-order valence-electron chi connectivity index (χ2n) is 4.62. The first kappa shape index (κ1) is 14.5. The third-order valence-electron chi connectivity index (χ3n) is 3.25. The van der Waals surface area contributed by atoms with Gasteiger partial charge in [-0.25, -0.2) is 9.97 Å². The van der Waals surface area contributed by atoms with Crippen LogP contribution in [0.1, 0.15) is 5.82 Å². The number of rotatable bonds is 2. The van der Waals surface area contributed by atoms with Crippen molar-refractivity contribution in [2.24, 2.45) is 7.05 Å². The number of alkyl halides is 1. The van der Waals surface area contributed by atoms with Gasteiger partial charge in [0.25, 0.3) is 0 Å². The molecule has 21 heavy (non-hydrogen) atoms. The van der Waals surface area contributed by atoms with Crippen LogP contribution in [0.2, 0.25) is 5.02 Å². The molecule has 4 nitrogen and oxygen atoms in total. The molecule has 106 valence electrons. The van der Waals surface area contributed by atoms with Crippen molar-refractivity contribution < 1.29 is 0 Å². The molecule has 0 amide bonds. The number of hydrogen-bond acceptors (Lipinski definition) is 3. The Morgan fingerprint density at radius 1 is 1.29 bits per heavy atom. The molecule has 3 aromatic rings. The Bertz CT molecular complexity index is 892. The van der Waals surface area contributed by atoms with E-state index in [1.54, 1.807) is 18.5 Å². The molecule has 3 rings (SSSR count). The van der Waals surface area contributed by atoms with Gasteiger partial charge in [-0.3, -0.25) is 4.79 Å². The molecule has 0 spiro atoms. The summed E-state index contributed by atoms with van der Waals surface area (Å²) in [6, 6.07) is 7.31.